The molecular formula is C49H72N4O6. The first-order valence-corrected chi connectivity index (χ1v) is 20.6. The van der Waals surface area contributed by atoms with Gasteiger partial charge in [0.05, 0.1) is 13.1 Å². The van der Waals surface area contributed by atoms with Crippen LogP contribution in [0.4, 0.5) is 15.3 Å². The Morgan fingerprint density at radius 2 is 0.797 bits per heavy atom. The Morgan fingerprint density at radius 1 is 0.508 bits per heavy atom. The monoisotopic (exact) mass is 813 g/mol. The Hall–Kier alpha value is -4.73. The summed E-state index contributed by atoms with van der Waals surface area (Å²) in [4.78, 5) is 58.5. The van der Waals surface area contributed by atoms with E-state index in [9.17, 15) is 29.5 Å². The molecule has 0 saturated carbocycles. The Labute approximate surface area is 354 Å². The highest BCUT2D eigenvalue weighted by Gasteiger charge is 2.34. The summed E-state index contributed by atoms with van der Waals surface area (Å²) < 4.78 is 0. The third kappa shape index (κ3) is 11.3. The van der Waals surface area contributed by atoms with E-state index in [0.29, 0.717) is 45.5 Å². The van der Waals surface area contributed by atoms with Crippen LogP contribution in [0.2, 0.25) is 0 Å². The maximum atomic E-state index is 14.8. The van der Waals surface area contributed by atoms with Crippen LogP contribution in [0.25, 0.3) is 0 Å². The van der Waals surface area contributed by atoms with Crippen molar-refractivity contribution in [2.24, 2.45) is 5.18 Å². The third-order valence-electron chi connectivity index (χ3n) is 10.7. The van der Waals surface area contributed by atoms with Gasteiger partial charge in [0.25, 0.3) is 0 Å². The maximum Gasteiger partial charge on any atom is 0.335 e. The number of phenols is 2. The minimum atomic E-state index is -0.830. The quantitative estimate of drug-likeness (QED) is 0.172. The number of urea groups is 2. The van der Waals surface area contributed by atoms with Gasteiger partial charge in [0, 0.05) is 13.6 Å². The molecule has 2 N–H and O–H groups in total. The third-order valence-corrected chi connectivity index (χ3v) is 10.7. The minimum absolute atomic E-state index is 0.107. The average Bonchev–Trinajstić information content (AvgIpc) is 3.06. The number of nitroso groups, excluding NO2 is 1. The summed E-state index contributed by atoms with van der Waals surface area (Å²) in [5, 5.41) is 26.3. The molecule has 10 heteroatoms. The summed E-state index contributed by atoms with van der Waals surface area (Å²) in [6.45, 7) is 35.7. The van der Waals surface area contributed by atoms with Gasteiger partial charge in [-0.2, -0.15) is 0 Å². The van der Waals surface area contributed by atoms with Gasteiger partial charge in [-0.05, 0) is 112 Å². The number of aromatic hydroxyl groups is 2. The van der Waals surface area contributed by atoms with Gasteiger partial charge in [-0.1, -0.05) is 137 Å². The first-order chi connectivity index (χ1) is 26.5. The molecule has 5 amide bonds. The van der Waals surface area contributed by atoms with Gasteiger partial charge in [-0.15, -0.1) is 4.91 Å². The van der Waals surface area contributed by atoms with Crippen molar-refractivity contribution in [3.8, 4) is 11.5 Å². The Morgan fingerprint density at radius 3 is 1.08 bits per heavy atom. The van der Waals surface area contributed by atoms with Crippen molar-refractivity contribution in [1.29, 1.82) is 0 Å². The predicted octanol–water partition coefficient (Wildman–Crippen LogP) is 12.1. The summed E-state index contributed by atoms with van der Waals surface area (Å²) in [6, 6.07) is 9.60. The SMILES string of the molecule is CN(Cc1cc(C(C)(C)C)c(O)c(C(C)(C)C)c1)C(=O)N(Cc1cc(C(C)(C)C)c(O)c(C(C)(C)C)c1)C(=O)N(C=O)Cc1cc(C(C)(C)C)c(N=O)c(C(C)(C)C)c1. The van der Waals surface area contributed by atoms with Gasteiger partial charge in [0.1, 0.15) is 17.2 Å². The molecule has 0 radical (unpaired) electrons. The molecule has 0 aromatic heterocycles. The predicted molar refractivity (Wildman–Crippen MR) is 240 cm³/mol. The number of amides is 5. The number of carbonyl (C=O) groups is 3. The number of hydrogen-bond acceptors (Lipinski definition) is 7. The molecule has 0 saturated heterocycles. The molecule has 0 heterocycles. The van der Waals surface area contributed by atoms with Crippen LogP contribution in [0, 0.1) is 4.91 Å². The fourth-order valence-electron chi connectivity index (χ4n) is 7.33. The van der Waals surface area contributed by atoms with Crippen molar-refractivity contribution in [2.45, 2.75) is 177 Å². The van der Waals surface area contributed by atoms with E-state index in [2.05, 4.69) is 5.18 Å². The molecule has 3 aromatic carbocycles. The van der Waals surface area contributed by atoms with Crippen LogP contribution < -0.4 is 0 Å². The molecule has 0 bridgehead atoms. The number of phenolic OH excluding ortho intramolecular Hbond substituents is 2. The summed E-state index contributed by atoms with van der Waals surface area (Å²) in [7, 11) is 1.61. The molecule has 0 unspecified atom stereocenters. The molecule has 0 spiro atoms. The van der Waals surface area contributed by atoms with E-state index in [0.717, 1.165) is 26.5 Å². The van der Waals surface area contributed by atoms with Gasteiger partial charge < -0.3 is 15.1 Å². The fourth-order valence-corrected chi connectivity index (χ4v) is 7.33. The highest BCUT2D eigenvalue weighted by molar-refractivity contribution is 5.97. The Bertz CT molecular complexity index is 1970. The zero-order chi connectivity index (χ0) is 45.6. The number of hydrogen-bond donors (Lipinski definition) is 2. The van der Waals surface area contributed by atoms with Gasteiger partial charge >= 0.3 is 12.1 Å². The van der Waals surface area contributed by atoms with Crippen LogP contribution in [-0.2, 0) is 56.9 Å². The van der Waals surface area contributed by atoms with E-state index in [1.807, 2.05) is 161 Å². The number of rotatable bonds is 8. The van der Waals surface area contributed by atoms with Gasteiger partial charge in [0.15, 0.2) is 0 Å². The molecule has 0 aliphatic heterocycles. The van der Waals surface area contributed by atoms with E-state index in [-0.39, 0.29) is 31.1 Å². The second-order valence-corrected chi connectivity index (χ2v) is 22.5. The average molecular weight is 813 g/mol. The molecule has 324 valence electrons. The van der Waals surface area contributed by atoms with E-state index in [4.69, 9.17) is 0 Å². The lowest BCUT2D eigenvalue weighted by Gasteiger charge is -2.33. The second-order valence-electron chi connectivity index (χ2n) is 22.5. The molecule has 3 rings (SSSR count). The van der Waals surface area contributed by atoms with E-state index >= 15 is 0 Å². The number of benzene rings is 3. The smallest absolute Gasteiger partial charge is 0.335 e. The van der Waals surface area contributed by atoms with Crippen molar-refractivity contribution in [3.63, 3.8) is 0 Å². The van der Waals surface area contributed by atoms with E-state index in [1.54, 1.807) is 7.05 Å². The van der Waals surface area contributed by atoms with Gasteiger partial charge in [0.2, 0.25) is 6.41 Å². The van der Waals surface area contributed by atoms with Crippen molar-refractivity contribution in [2.75, 3.05) is 7.05 Å². The topological polar surface area (TPSA) is 131 Å². The van der Waals surface area contributed by atoms with Gasteiger partial charge in [-0.3, -0.25) is 9.69 Å². The zero-order valence-electron chi connectivity index (χ0n) is 39.5. The maximum absolute atomic E-state index is 14.8. The molecule has 59 heavy (non-hydrogen) atoms. The molecule has 3 aromatic rings. The van der Waals surface area contributed by atoms with Crippen molar-refractivity contribution in [3.05, 3.63) is 91.4 Å². The standard InChI is InChI=1S/C49H72N4O6/c1-44(2,3)33-20-31(21-34(39(33)50-59)45(4,5)6)27-52(29-54)43(58)53(28-32-24-37(48(13,14)15)41(56)38(25-32)49(16,17)18)42(57)51(19)26-30-22-35(46(7,8)9)40(55)36(23-30)47(10,11)12/h20-25,29,55-56H,26-28H2,1-19H3. The number of carbonyl (C=O) groups excluding carboxylic acids is 3. The van der Waals surface area contributed by atoms with Crippen LogP contribution in [0.5, 0.6) is 11.5 Å². The van der Waals surface area contributed by atoms with Crippen LogP contribution in [-0.4, -0.2) is 50.4 Å². The Kier molecular flexibility index (Phi) is 13.8. The van der Waals surface area contributed by atoms with Crippen LogP contribution >= 0.6 is 0 Å². The van der Waals surface area contributed by atoms with Crippen molar-refractivity contribution < 1.29 is 24.6 Å². The van der Waals surface area contributed by atoms with Crippen LogP contribution in [0.1, 0.15) is 175 Å². The molecule has 0 atom stereocenters. The van der Waals surface area contributed by atoms with E-state index in [1.165, 1.54) is 4.90 Å². The molecule has 10 nitrogen and oxygen atoms in total. The summed E-state index contributed by atoms with van der Waals surface area (Å²) in [5.41, 5.74) is 3.82. The highest BCUT2D eigenvalue weighted by atomic mass is 16.3. The normalized spacial score (nSPS) is 12.9. The highest BCUT2D eigenvalue weighted by Crippen LogP contribution is 2.43. The summed E-state index contributed by atoms with van der Waals surface area (Å²) >= 11 is 0. The largest absolute Gasteiger partial charge is 0.507 e. The van der Waals surface area contributed by atoms with Gasteiger partial charge in [-0.25, -0.2) is 14.5 Å². The summed E-state index contributed by atoms with van der Waals surface area (Å²) in [6.07, 6.45) is 0.436. The minimum Gasteiger partial charge on any atom is -0.507 e. The van der Waals surface area contributed by atoms with Crippen LogP contribution in [0.3, 0.4) is 0 Å². The van der Waals surface area contributed by atoms with Crippen molar-refractivity contribution >= 4 is 24.2 Å². The lowest BCUT2D eigenvalue weighted by molar-refractivity contribution is -0.116. The number of imide groups is 2. The molecule has 0 fully saturated rings. The van der Waals surface area contributed by atoms with Crippen LogP contribution in [0.15, 0.2) is 41.6 Å². The lowest BCUT2D eigenvalue weighted by atomic mass is 9.77. The molecular weight excluding hydrogens is 741 g/mol. The zero-order valence-corrected chi connectivity index (χ0v) is 39.5. The first kappa shape index (κ1) is 48.6. The van der Waals surface area contributed by atoms with Crippen molar-refractivity contribution in [1.82, 2.24) is 14.7 Å². The lowest BCUT2D eigenvalue weighted by Crippen LogP contribution is -2.49. The second kappa shape index (κ2) is 16.7. The summed E-state index contributed by atoms with van der Waals surface area (Å²) in [5.74, 6) is 0.387. The fraction of sp³-hybridized carbons (Fsp3) is 0.571. The number of nitrogens with zero attached hydrogens (tertiary/aromatic N) is 4. The van der Waals surface area contributed by atoms with E-state index < -0.39 is 44.6 Å². The first-order valence-electron chi connectivity index (χ1n) is 20.6. The Balaban J connectivity index is 2.28. The molecule has 0 aliphatic rings. The molecule has 0 aliphatic carbocycles.